The number of non-ortho nitro benzene ring substituents is 1. The molecule has 3 rings (SSSR count). The first-order chi connectivity index (χ1) is 14.9. The maximum Gasteiger partial charge on any atom is 0.319 e. The van der Waals surface area contributed by atoms with E-state index in [0.29, 0.717) is 16.9 Å². The zero-order valence-electron chi connectivity index (χ0n) is 16.1. The Kier molecular flexibility index (Phi) is 6.23. The van der Waals surface area contributed by atoms with Gasteiger partial charge >= 0.3 is 6.03 Å². The highest BCUT2D eigenvalue weighted by atomic mass is 16.6. The first kappa shape index (κ1) is 21.0. The van der Waals surface area contributed by atoms with E-state index in [4.69, 9.17) is 10.5 Å². The quantitative estimate of drug-likeness (QED) is 0.272. The lowest BCUT2D eigenvalue weighted by molar-refractivity contribution is -0.384. The Morgan fingerprint density at radius 1 is 1.13 bits per heavy atom. The molecule has 0 bridgehead atoms. The molecule has 3 N–H and O–H groups in total. The fraction of sp³-hybridized carbons (Fsp3) is 0.0455. The molecule has 0 saturated carbocycles. The number of ether oxygens (including phenoxy) is 1. The number of nitrogens with two attached hydrogens (primary N) is 1. The van der Waals surface area contributed by atoms with Gasteiger partial charge in [-0.2, -0.15) is 5.26 Å². The molecular weight excluding hydrogens is 400 g/mol. The number of carbonyl (C=O) groups excluding carboxylic acids is 2. The van der Waals surface area contributed by atoms with Crippen LogP contribution in [-0.2, 0) is 11.4 Å². The van der Waals surface area contributed by atoms with Gasteiger partial charge in [-0.25, -0.2) is 4.79 Å². The van der Waals surface area contributed by atoms with Crippen molar-refractivity contribution in [2.45, 2.75) is 6.61 Å². The SMILES string of the molecule is N#C/C(=C/c1c(OCc2ccc([N+](=O)[O-])cc2)ccc2ccccc12)C(=O)NC(N)=O. The number of hydrogen-bond acceptors (Lipinski definition) is 6. The second-order valence-electron chi connectivity index (χ2n) is 6.40. The monoisotopic (exact) mass is 416 g/mol. The standard InChI is InChI=1S/C22H16N4O5/c23-12-16(21(27)25-22(24)28)11-19-18-4-2-1-3-15(18)7-10-20(19)31-13-14-5-8-17(9-6-14)26(29)30/h1-11H,13H2,(H3,24,25,27,28)/b16-11-. The molecule has 9 heteroatoms. The number of amides is 3. The van der Waals surface area contributed by atoms with E-state index in [9.17, 15) is 25.0 Å². The largest absolute Gasteiger partial charge is 0.488 e. The van der Waals surface area contributed by atoms with Gasteiger partial charge in [0, 0.05) is 17.7 Å². The molecule has 0 heterocycles. The van der Waals surface area contributed by atoms with Crippen molar-refractivity contribution in [2.75, 3.05) is 0 Å². The number of rotatable bonds is 6. The van der Waals surface area contributed by atoms with Crippen molar-refractivity contribution >= 4 is 34.5 Å². The van der Waals surface area contributed by atoms with Gasteiger partial charge in [0.25, 0.3) is 11.6 Å². The molecule has 0 aliphatic carbocycles. The van der Waals surface area contributed by atoms with Crippen molar-refractivity contribution < 1.29 is 19.2 Å². The van der Waals surface area contributed by atoms with Gasteiger partial charge in [0.1, 0.15) is 24.0 Å². The van der Waals surface area contributed by atoms with Gasteiger partial charge < -0.3 is 10.5 Å². The molecule has 0 saturated heterocycles. The predicted octanol–water partition coefficient (Wildman–Crippen LogP) is 3.43. The Balaban J connectivity index is 1.98. The molecule has 154 valence electrons. The molecule has 0 radical (unpaired) electrons. The lowest BCUT2D eigenvalue weighted by Crippen LogP contribution is -2.35. The van der Waals surface area contributed by atoms with Crippen molar-refractivity contribution in [3.63, 3.8) is 0 Å². The van der Waals surface area contributed by atoms with Crippen molar-refractivity contribution in [3.05, 3.63) is 87.5 Å². The Hall–Kier alpha value is -4.71. The Morgan fingerprint density at radius 3 is 2.48 bits per heavy atom. The van der Waals surface area contributed by atoms with Crippen molar-refractivity contribution in [1.82, 2.24) is 5.32 Å². The summed E-state index contributed by atoms with van der Waals surface area (Å²) in [6.07, 6.45) is 1.33. The molecule has 0 aliphatic heterocycles. The zero-order valence-corrected chi connectivity index (χ0v) is 16.1. The molecule has 31 heavy (non-hydrogen) atoms. The normalized spacial score (nSPS) is 10.9. The van der Waals surface area contributed by atoms with Crippen LogP contribution in [0, 0.1) is 21.4 Å². The van der Waals surface area contributed by atoms with Crippen LogP contribution < -0.4 is 15.8 Å². The summed E-state index contributed by atoms with van der Waals surface area (Å²) in [5, 5.41) is 23.6. The van der Waals surface area contributed by atoms with E-state index in [-0.39, 0.29) is 17.9 Å². The van der Waals surface area contributed by atoms with E-state index in [1.54, 1.807) is 36.4 Å². The average molecular weight is 416 g/mol. The van der Waals surface area contributed by atoms with Crippen LogP contribution in [0.25, 0.3) is 16.8 Å². The molecule has 0 atom stereocenters. The van der Waals surface area contributed by atoms with E-state index < -0.39 is 16.9 Å². The van der Waals surface area contributed by atoms with Gasteiger partial charge in [0.2, 0.25) is 0 Å². The van der Waals surface area contributed by atoms with Crippen molar-refractivity contribution in [3.8, 4) is 11.8 Å². The van der Waals surface area contributed by atoms with E-state index in [1.807, 2.05) is 23.5 Å². The van der Waals surface area contributed by atoms with Gasteiger partial charge in [0.15, 0.2) is 0 Å². The van der Waals surface area contributed by atoms with E-state index in [2.05, 4.69) is 0 Å². The number of nitrogens with one attached hydrogen (secondary N) is 1. The number of fused-ring (bicyclic) bond motifs is 1. The summed E-state index contributed by atoms with van der Waals surface area (Å²) in [7, 11) is 0. The summed E-state index contributed by atoms with van der Waals surface area (Å²) in [5.74, 6) is -0.541. The number of carbonyl (C=O) groups is 2. The summed E-state index contributed by atoms with van der Waals surface area (Å²) >= 11 is 0. The number of primary amides is 1. The third-order valence-electron chi connectivity index (χ3n) is 4.36. The van der Waals surface area contributed by atoms with Crippen molar-refractivity contribution in [1.29, 1.82) is 5.26 Å². The summed E-state index contributed by atoms with van der Waals surface area (Å²) < 4.78 is 5.89. The molecule has 3 amide bonds. The lowest BCUT2D eigenvalue weighted by atomic mass is 10.0. The number of imide groups is 1. The smallest absolute Gasteiger partial charge is 0.319 e. The minimum Gasteiger partial charge on any atom is -0.488 e. The molecule has 3 aromatic rings. The van der Waals surface area contributed by atoms with Crippen LogP contribution in [0.15, 0.2) is 66.2 Å². The van der Waals surface area contributed by atoms with Gasteiger partial charge in [-0.3, -0.25) is 20.2 Å². The highest BCUT2D eigenvalue weighted by molar-refractivity contribution is 6.10. The summed E-state index contributed by atoms with van der Waals surface area (Å²) in [6.45, 7) is 0.104. The number of nitrogens with zero attached hydrogens (tertiary/aromatic N) is 2. The van der Waals surface area contributed by atoms with E-state index >= 15 is 0 Å². The molecule has 0 aromatic heterocycles. The minimum atomic E-state index is -1.07. The predicted molar refractivity (Wildman–Crippen MR) is 113 cm³/mol. The van der Waals surface area contributed by atoms with Crippen LogP contribution in [0.5, 0.6) is 5.75 Å². The molecular formula is C22H16N4O5. The van der Waals surface area contributed by atoms with E-state index in [0.717, 1.165) is 10.8 Å². The highest BCUT2D eigenvalue weighted by Crippen LogP contribution is 2.31. The third-order valence-corrected chi connectivity index (χ3v) is 4.36. The first-order valence-corrected chi connectivity index (χ1v) is 8.99. The van der Waals surface area contributed by atoms with Gasteiger partial charge in [-0.05, 0) is 40.6 Å². The fourth-order valence-corrected chi connectivity index (χ4v) is 2.90. The van der Waals surface area contributed by atoms with Crippen molar-refractivity contribution in [2.24, 2.45) is 5.73 Å². The topological polar surface area (TPSA) is 148 Å². The van der Waals surface area contributed by atoms with Crippen LogP contribution in [0.3, 0.4) is 0 Å². The van der Waals surface area contributed by atoms with Crippen LogP contribution in [0.1, 0.15) is 11.1 Å². The fourth-order valence-electron chi connectivity index (χ4n) is 2.90. The Labute approximate surface area is 176 Å². The van der Waals surface area contributed by atoms with Crippen LogP contribution in [0.4, 0.5) is 10.5 Å². The second-order valence-corrected chi connectivity index (χ2v) is 6.40. The number of nitro groups is 1. The summed E-state index contributed by atoms with van der Waals surface area (Å²) in [5.41, 5.74) is 5.78. The number of urea groups is 1. The maximum atomic E-state index is 12.1. The van der Waals surface area contributed by atoms with Crippen LogP contribution in [-0.4, -0.2) is 16.9 Å². The third kappa shape index (κ3) is 5.02. The van der Waals surface area contributed by atoms with Crippen LogP contribution >= 0.6 is 0 Å². The first-order valence-electron chi connectivity index (χ1n) is 8.99. The number of hydrogen-bond donors (Lipinski definition) is 2. The number of benzene rings is 3. The second kappa shape index (κ2) is 9.19. The number of nitro benzene ring substituents is 1. The van der Waals surface area contributed by atoms with Gasteiger partial charge in [-0.15, -0.1) is 0 Å². The molecule has 9 nitrogen and oxygen atoms in total. The Bertz CT molecular complexity index is 1240. The maximum absolute atomic E-state index is 12.1. The summed E-state index contributed by atoms with van der Waals surface area (Å²) in [4.78, 5) is 33.4. The zero-order chi connectivity index (χ0) is 22.4. The molecule has 0 aliphatic rings. The Morgan fingerprint density at radius 2 is 1.84 bits per heavy atom. The van der Waals surface area contributed by atoms with Gasteiger partial charge in [0.05, 0.1) is 4.92 Å². The lowest BCUT2D eigenvalue weighted by Gasteiger charge is -2.13. The average Bonchev–Trinajstić information content (AvgIpc) is 2.76. The molecule has 0 fully saturated rings. The van der Waals surface area contributed by atoms with Crippen LogP contribution in [0.2, 0.25) is 0 Å². The number of nitriles is 1. The highest BCUT2D eigenvalue weighted by Gasteiger charge is 2.15. The summed E-state index contributed by atoms with van der Waals surface area (Å²) in [6, 6.07) is 17.4. The van der Waals surface area contributed by atoms with Gasteiger partial charge in [-0.1, -0.05) is 30.3 Å². The molecule has 0 unspecified atom stereocenters. The molecule has 3 aromatic carbocycles. The van der Waals surface area contributed by atoms with E-state index in [1.165, 1.54) is 18.2 Å². The minimum absolute atomic E-state index is 0.0304. The molecule has 0 spiro atoms.